The van der Waals surface area contributed by atoms with E-state index >= 15 is 0 Å². The molecule has 0 bridgehead atoms. The van der Waals surface area contributed by atoms with Gasteiger partial charge in [0.05, 0.1) is 23.1 Å². The topological polar surface area (TPSA) is 59.0 Å². The molecule has 0 aliphatic carbocycles. The van der Waals surface area contributed by atoms with Crippen molar-refractivity contribution in [3.8, 4) is 0 Å². The van der Waals surface area contributed by atoms with E-state index in [-0.39, 0.29) is 17.6 Å². The van der Waals surface area contributed by atoms with Crippen molar-refractivity contribution in [2.45, 2.75) is 27.2 Å². The van der Waals surface area contributed by atoms with E-state index in [0.29, 0.717) is 28.2 Å². The van der Waals surface area contributed by atoms with E-state index in [1.807, 2.05) is 37.3 Å². The summed E-state index contributed by atoms with van der Waals surface area (Å²) in [6.07, 6.45) is 2.69. The fourth-order valence-corrected chi connectivity index (χ4v) is 4.06. The molecule has 0 fully saturated rings. The zero-order valence-corrected chi connectivity index (χ0v) is 18.7. The number of ether oxygens (including phenoxy) is 1. The summed E-state index contributed by atoms with van der Waals surface area (Å²) in [5.74, 6) is -0.592. The number of hydrogen-bond donors (Lipinski definition) is 0. The van der Waals surface area contributed by atoms with Gasteiger partial charge in [0.1, 0.15) is 5.70 Å². The first-order chi connectivity index (χ1) is 14.4. The summed E-state index contributed by atoms with van der Waals surface area (Å²) in [6.45, 7) is 6.07. The molecule has 0 unspecified atom stereocenters. The molecule has 156 valence electrons. The maximum Gasteiger partial charge on any atom is 0.316 e. The lowest BCUT2D eigenvalue weighted by atomic mass is 10.1. The van der Waals surface area contributed by atoms with Crippen LogP contribution in [-0.4, -0.2) is 29.4 Å². The van der Waals surface area contributed by atoms with Crippen LogP contribution in [0.4, 0.5) is 5.69 Å². The highest BCUT2D eigenvalue weighted by atomic mass is 35.5. The van der Waals surface area contributed by atoms with Gasteiger partial charge in [-0.3, -0.25) is 14.5 Å². The number of benzene rings is 2. The summed E-state index contributed by atoms with van der Waals surface area (Å²) in [5.41, 5.74) is 3.91. The number of nitrogens with zero attached hydrogens (tertiary/aromatic N) is 2. The molecule has 0 saturated heterocycles. The number of amides is 1. The van der Waals surface area contributed by atoms with Gasteiger partial charge in [-0.1, -0.05) is 60.6 Å². The Hall–Kier alpha value is -2.57. The normalized spacial score (nSPS) is 14.9. The van der Waals surface area contributed by atoms with Crippen LogP contribution in [0.15, 0.2) is 53.2 Å². The molecular formula is C23H23ClN2O3S. The molecule has 0 saturated carbocycles. The van der Waals surface area contributed by atoms with Gasteiger partial charge in [0, 0.05) is 0 Å². The third-order valence-electron chi connectivity index (χ3n) is 4.49. The molecule has 5 nitrogen and oxygen atoms in total. The number of hydrogen-bond acceptors (Lipinski definition) is 5. The second-order valence-corrected chi connectivity index (χ2v) is 8.06. The van der Waals surface area contributed by atoms with Gasteiger partial charge in [-0.25, -0.2) is 4.99 Å². The predicted octanol–water partition coefficient (Wildman–Crippen LogP) is 5.25. The first kappa shape index (κ1) is 22.1. The molecule has 0 spiro atoms. The van der Waals surface area contributed by atoms with Gasteiger partial charge in [-0.05, 0) is 55.2 Å². The van der Waals surface area contributed by atoms with Crippen molar-refractivity contribution in [3.05, 3.63) is 69.9 Å². The van der Waals surface area contributed by atoms with E-state index in [9.17, 15) is 9.59 Å². The largest absolute Gasteiger partial charge is 0.465 e. The fraction of sp³-hybridized carbons (Fsp3) is 0.261. The van der Waals surface area contributed by atoms with Crippen molar-refractivity contribution < 1.29 is 14.3 Å². The minimum atomic E-state index is -0.361. The minimum absolute atomic E-state index is 0.0540. The second-order valence-electron chi connectivity index (χ2n) is 6.71. The van der Waals surface area contributed by atoms with Crippen LogP contribution < -0.4 is 4.90 Å². The van der Waals surface area contributed by atoms with Crippen LogP contribution in [0.1, 0.15) is 30.5 Å². The summed E-state index contributed by atoms with van der Waals surface area (Å²) < 4.78 is 4.99. The van der Waals surface area contributed by atoms with Gasteiger partial charge >= 0.3 is 5.97 Å². The number of aryl methyl sites for hydroxylation is 2. The highest BCUT2D eigenvalue weighted by Crippen LogP contribution is 2.34. The quantitative estimate of drug-likeness (QED) is 0.452. The highest BCUT2D eigenvalue weighted by molar-refractivity contribution is 8.14. The van der Waals surface area contributed by atoms with Crippen molar-refractivity contribution in [1.29, 1.82) is 0 Å². The molecule has 2 aromatic carbocycles. The van der Waals surface area contributed by atoms with Crippen LogP contribution in [0.25, 0.3) is 6.08 Å². The Morgan fingerprint density at radius 3 is 2.57 bits per heavy atom. The van der Waals surface area contributed by atoms with Gasteiger partial charge < -0.3 is 4.74 Å². The molecule has 3 rings (SSSR count). The Labute approximate surface area is 185 Å². The van der Waals surface area contributed by atoms with E-state index in [0.717, 1.165) is 29.3 Å². The lowest BCUT2D eigenvalue weighted by Gasteiger charge is -2.19. The maximum absolute atomic E-state index is 13.2. The average molecular weight is 443 g/mol. The zero-order chi connectivity index (χ0) is 21.7. The number of aliphatic imine (C=N–C) groups is 1. The Bertz CT molecular complexity index is 1020. The molecule has 30 heavy (non-hydrogen) atoms. The molecule has 1 aliphatic heterocycles. The van der Waals surface area contributed by atoms with Gasteiger partial charge in [0.25, 0.3) is 5.91 Å². The summed E-state index contributed by atoms with van der Waals surface area (Å²) >= 11 is 7.58. The first-order valence-corrected chi connectivity index (χ1v) is 11.1. The van der Waals surface area contributed by atoms with Crippen LogP contribution in [-0.2, 0) is 20.7 Å². The molecule has 0 atom stereocenters. The lowest BCUT2D eigenvalue weighted by molar-refractivity contribution is -0.139. The van der Waals surface area contributed by atoms with Gasteiger partial charge in [0.15, 0.2) is 5.17 Å². The number of halogens is 1. The zero-order valence-electron chi connectivity index (χ0n) is 17.1. The molecule has 1 heterocycles. The summed E-state index contributed by atoms with van der Waals surface area (Å²) in [7, 11) is 0. The lowest BCUT2D eigenvalue weighted by Crippen LogP contribution is -2.31. The van der Waals surface area contributed by atoms with E-state index in [1.54, 1.807) is 25.1 Å². The Morgan fingerprint density at radius 1 is 1.20 bits per heavy atom. The minimum Gasteiger partial charge on any atom is -0.465 e. The monoisotopic (exact) mass is 442 g/mol. The predicted molar refractivity (Wildman–Crippen MR) is 124 cm³/mol. The molecule has 1 aliphatic rings. The number of amidine groups is 1. The van der Waals surface area contributed by atoms with Crippen molar-refractivity contribution in [2.24, 2.45) is 4.99 Å². The molecule has 0 radical (unpaired) electrons. The van der Waals surface area contributed by atoms with E-state index in [2.05, 4.69) is 11.9 Å². The smallest absolute Gasteiger partial charge is 0.316 e. The van der Waals surface area contributed by atoms with E-state index in [1.165, 1.54) is 10.5 Å². The molecule has 0 aromatic heterocycles. The molecule has 1 amide bonds. The Balaban J connectivity index is 1.95. The van der Waals surface area contributed by atoms with Gasteiger partial charge in [-0.2, -0.15) is 0 Å². The number of carbonyl (C=O) groups is 2. The van der Waals surface area contributed by atoms with Crippen molar-refractivity contribution in [3.63, 3.8) is 0 Å². The number of thioether (sulfide) groups is 1. The number of esters is 1. The average Bonchev–Trinajstić information content (AvgIpc) is 3.02. The standard InChI is InChI=1S/C23H23ClN2O3S/c1-4-16-7-9-17(10-8-16)13-19-22(28)26(20-11-6-15(3)12-18(20)24)23(25-19)30-14-21(27)29-5-2/h6-13H,4-5,14H2,1-3H3. The SMILES string of the molecule is CCOC(=O)CSC1=NC(=Cc2ccc(CC)cc2)C(=O)N1c1ccc(C)cc1Cl. The van der Waals surface area contributed by atoms with Gasteiger partial charge in [0.2, 0.25) is 0 Å². The first-order valence-electron chi connectivity index (χ1n) is 9.71. The summed E-state index contributed by atoms with van der Waals surface area (Å²) in [6, 6.07) is 13.4. The molecular weight excluding hydrogens is 420 g/mol. The number of carbonyl (C=O) groups excluding carboxylic acids is 2. The second kappa shape index (κ2) is 9.96. The number of anilines is 1. The third-order valence-corrected chi connectivity index (χ3v) is 5.70. The summed E-state index contributed by atoms with van der Waals surface area (Å²) in [4.78, 5) is 31.0. The number of rotatable bonds is 6. The van der Waals surface area contributed by atoms with Crippen LogP contribution in [0.2, 0.25) is 5.02 Å². The van der Waals surface area contributed by atoms with Crippen molar-refractivity contribution in [1.82, 2.24) is 0 Å². The van der Waals surface area contributed by atoms with Crippen molar-refractivity contribution in [2.75, 3.05) is 17.3 Å². The fourth-order valence-electron chi connectivity index (χ4n) is 2.93. The van der Waals surface area contributed by atoms with Crippen LogP contribution in [0, 0.1) is 6.92 Å². The van der Waals surface area contributed by atoms with Gasteiger partial charge in [-0.15, -0.1) is 0 Å². The van der Waals surface area contributed by atoms with E-state index < -0.39 is 0 Å². The summed E-state index contributed by atoms with van der Waals surface area (Å²) in [5, 5.41) is 0.844. The van der Waals surface area contributed by atoms with Crippen LogP contribution in [0.3, 0.4) is 0 Å². The molecule has 2 aromatic rings. The van der Waals surface area contributed by atoms with E-state index in [4.69, 9.17) is 16.3 Å². The Kier molecular flexibility index (Phi) is 7.34. The maximum atomic E-state index is 13.2. The molecule has 7 heteroatoms. The Morgan fingerprint density at radius 2 is 1.93 bits per heavy atom. The highest BCUT2D eigenvalue weighted by Gasteiger charge is 2.33. The van der Waals surface area contributed by atoms with Crippen molar-refractivity contribution >= 4 is 52.2 Å². The van der Waals surface area contributed by atoms with Crippen LogP contribution >= 0.6 is 23.4 Å². The molecule has 0 N–H and O–H groups in total. The van der Waals surface area contributed by atoms with Crippen LogP contribution in [0.5, 0.6) is 0 Å². The third kappa shape index (κ3) is 5.12.